The van der Waals surface area contributed by atoms with E-state index in [0.29, 0.717) is 23.7 Å². The standard InChI is InChI=1S/C32H46N2O3/c1-18-10-13-32(27(36)37)15-14-30(6)21(24(32)19(18)2)8-9-23-29(5)16-20-25(33-17-34-26(20)35)28(3,4)22(29)11-12-31(23,30)7/h8,17-19,22-24H,9-16H2,1-7H3,(H,36,37)(H,33,34,35)/t18-,19+,22+,23-,24+,29+,30-,31-,32+/m1/s1. The summed E-state index contributed by atoms with van der Waals surface area (Å²) in [4.78, 5) is 33.5. The number of aromatic amines is 1. The molecule has 3 fully saturated rings. The second kappa shape index (κ2) is 7.60. The Hall–Kier alpha value is -1.91. The Morgan fingerprint density at radius 1 is 1.03 bits per heavy atom. The minimum Gasteiger partial charge on any atom is -0.481 e. The molecule has 0 spiro atoms. The van der Waals surface area contributed by atoms with Crippen LogP contribution < -0.4 is 5.56 Å². The van der Waals surface area contributed by atoms with Crippen molar-refractivity contribution in [3.63, 3.8) is 0 Å². The van der Waals surface area contributed by atoms with Crippen molar-refractivity contribution in [2.24, 2.45) is 51.2 Å². The van der Waals surface area contributed by atoms with Gasteiger partial charge in [-0.1, -0.05) is 60.1 Å². The fraction of sp³-hybridized carbons (Fsp3) is 0.781. The molecule has 202 valence electrons. The van der Waals surface area contributed by atoms with E-state index in [1.807, 2.05) is 0 Å². The molecule has 3 saturated carbocycles. The number of aliphatic carboxylic acids is 1. The monoisotopic (exact) mass is 506 g/mol. The van der Waals surface area contributed by atoms with Crippen LogP contribution in [0.5, 0.6) is 0 Å². The molecular weight excluding hydrogens is 460 g/mol. The summed E-state index contributed by atoms with van der Waals surface area (Å²) in [5.41, 5.74) is 2.69. The first-order chi connectivity index (χ1) is 17.2. The van der Waals surface area contributed by atoms with E-state index in [1.54, 1.807) is 6.33 Å². The lowest BCUT2D eigenvalue weighted by Gasteiger charge is -2.70. The molecule has 1 aromatic heterocycles. The predicted octanol–water partition coefficient (Wildman–Crippen LogP) is 6.53. The number of carboxylic acids is 1. The van der Waals surface area contributed by atoms with Crippen molar-refractivity contribution in [1.82, 2.24) is 9.97 Å². The first-order valence-corrected chi connectivity index (χ1v) is 14.7. The molecule has 37 heavy (non-hydrogen) atoms. The van der Waals surface area contributed by atoms with Crippen LogP contribution in [0.2, 0.25) is 0 Å². The topological polar surface area (TPSA) is 83.0 Å². The molecule has 1 heterocycles. The zero-order valence-corrected chi connectivity index (χ0v) is 23.9. The molecule has 0 amide bonds. The molecule has 0 aromatic carbocycles. The molecule has 9 atom stereocenters. The Kier molecular flexibility index (Phi) is 5.21. The molecule has 2 N–H and O–H groups in total. The number of nitrogens with zero attached hydrogens (tertiary/aromatic N) is 1. The number of hydrogen-bond acceptors (Lipinski definition) is 3. The minimum atomic E-state index is -0.605. The van der Waals surface area contributed by atoms with Crippen LogP contribution in [-0.4, -0.2) is 21.0 Å². The van der Waals surface area contributed by atoms with Crippen molar-refractivity contribution in [2.75, 3.05) is 0 Å². The number of carboxylic acid groups (broad SMARTS) is 1. The van der Waals surface area contributed by atoms with E-state index in [4.69, 9.17) is 4.98 Å². The van der Waals surface area contributed by atoms with Gasteiger partial charge in [-0.3, -0.25) is 9.59 Å². The van der Waals surface area contributed by atoms with Crippen molar-refractivity contribution >= 4 is 5.97 Å². The highest BCUT2D eigenvalue weighted by atomic mass is 16.4. The van der Waals surface area contributed by atoms with Gasteiger partial charge in [0, 0.05) is 11.0 Å². The van der Waals surface area contributed by atoms with E-state index >= 15 is 0 Å². The van der Waals surface area contributed by atoms with Gasteiger partial charge < -0.3 is 10.1 Å². The van der Waals surface area contributed by atoms with E-state index < -0.39 is 11.4 Å². The van der Waals surface area contributed by atoms with Crippen LogP contribution in [0.1, 0.15) is 105 Å². The van der Waals surface area contributed by atoms with Gasteiger partial charge in [-0.25, -0.2) is 4.98 Å². The van der Waals surface area contributed by atoms with Crippen LogP contribution in [0.15, 0.2) is 22.8 Å². The number of H-pyrrole nitrogens is 1. The smallest absolute Gasteiger partial charge is 0.310 e. The summed E-state index contributed by atoms with van der Waals surface area (Å²) in [6.07, 6.45) is 11.7. The molecule has 1 aromatic rings. The first kappa shape index (κ1) is 25.4. The predicted molar refractivity (Wildman–Crippen MR) is 145 cm³/mol. The second-order valence-corrected chi connectivity index (χ2v) is 15.1. The molecule has 0 unspecified atom stereocenters. The van der Waals surface area contributed by atoms with E-state index in [1.165, 1.54) is 5.57 Å². The van der Waals surface area contributed by atoms with Crippen molar-refractivity contribution < 1.29 is 9.90 Å². The lowest BCUT2D eigenvalue weighted by molar-refractivity contribution is -0.179. The zero-order valence-electron chi connectivity index (χ0n) is 23.9. The fourth-order valence-corrected chi connectivity index (χ4v) is 11.3. The lowest BCUT2D eigenvalue weighted by Crippen LogP contribution is -2.65. The normalized spacial score (nSPS) is 47.9. The Balaban J connectivity index is 1.50. The van der Waals surface area contributed by atoms with Gasteiger partial charge in [0.05, 0.1) is 17.4 Å². The van der Waals surface area contributed by atoms with E-state index in [9.17, 15) is 14.7 Å². The van der Waals surface area contributed by atoms with E-state index in [2.05, 4.69) is 59.5 Å². The average Bonchev–Trinajstić information content (AvgIpc) is 2.82. The molecule has 0 radical (unpaired) electrons. The first-order valence-electron chi connectivity index (χ1n) is 14.7. The van der Waals surface area contributed by atoms with Crippen LogP contribution >= 0.6 is 0 Å². The van der Waals surface area contributed by atoms with Gasteiger partial charge in [0.1, 0.15) is 0 Å². The SMILES string of the molecule is C[C@H]1[C@H](C)CC[C@]2(C(=O)O)CC[C@]3(C)C(=CC[C@@H]4[C@@]5(C)Cc6c(nc[nH]c6=O)C(C)(C)[C@@H]5CC[C@]43C)[C@H]12. The van der Waals surface area contributed by atoms with Crippen molar-refractivity contribution in [1.29, 1.82) is 0 Å². The molecule has 0 bridgehead atoms. The van der Waals surface area contributed by atoms with E-state index in [-0.39, 0.29) is 33.1 Å². The quantitative estimate of drug-likeness (QED) is 0.425. The number of aromatic nitrogens is 2. The summed E-state index contributed by atoms with van der Waals surface area (Å²) >= 11 is 0. The zero-order chi connectivity index (χ0) is 26.8. The maximum absolute atomic E-state index is 13.1. The number of nitrogens with one attached hydrogen (secondary N) is 1. The van der Waals surface area contributed by atoms with Crippen LogP contribution in [-0.2, 0) is 16.6 Å². The molecule has 0 saturated heterocycles. The van der Waals surface area contributed by atoms with Gasteiger partial charge in [-0.2, -0.15) is 0 Å². The third-order valence-corrected chi connectivity index (χ3v) is 13.7. The van der Waals surface area contributed by atoms with Gasteiger partial charge in [0.2, 0.25) is 0 Å². The fourth-order valence-electron chi connectivity index (χ4n) is 11.3. The highest BCUT2D eigenvalue weighted by molar-refractivity contribution is 5.76. The van der Waals surface area contributed by atoms with Gasteiger partial charge in [-0.15, -0.1) is 0 Å². The summed E-state index contributed by atoms with van der Waals surface area (Å²) in [7, 11) is 0. The maximum Gasteiger partial charge on any atom is 0.310 e. The summed E-state index contributed by atoms with van der Waals surface area (Å²) in [6, 6.07) is 0. The Bertz CT molecular complexity index is 1250. The van der Waals surface area contributed by atoms with Gasteiger partial charge >= 0.3 is 5.97 Å². The van der Waals surface area contributed by atoms with Gasteiger partial charge in [-0.05, 0) is 97.2 Å². The molecular formula is C32H46N2O3. The Morgan fingerprint density at radius 3 is 2.46 bits per heavy atom. The maximum atomic E-state index is 13.1. The number of allylic oxidation sites excluding steroid dienone is 2. The number of carbonyl (C=O) groups is 1. The Labute approximate surface area is 221 Å². The van der Waals surface area contributed by atoms with Gasteiger partial charge in [0.15, 0.2) is 0 Å². The summed E-state index contributed by atoms with van der Waals surface area (Å²) < 4.78 is 0. The average molecular weight is 507 g/mol. The second-order valence-electron chi connectivity index (χ2n) is 15.1. The third-order valence-electron chi connectivity index (χ3n) is 13.7. The highest BCUT2D eigenvalue weighted by Crippen LogP contribution is 2.75. The third kappa shape index (κ3) is 2.90. The molecule has 5 nitrogen and oxygen atoms in total. The van der Waals surface area contributed by atoms with Crippen LogP contribution in [0, 0.1) is 51.2 Å². The minimum absolute atomic E-state index is 0.00260. The largest absolute Gasteiger partial charge is 0.481 e. The van der Waals surface area contributed by atoms with Crippen molar-refractivity contribution in [2.45, 2.75) is 105 Å². The Morgan fingerprint density at radius 2 is 1.76 bits per heavy atom. The number of fused-ring (bicyclic) bond motifs is 8. The summed E-state index contributed by atoms with van der Waals surface area (Å²) in [6.45, 7) is 16.8. The summed E-state index contributed by atoms with van der Waals surface area (Å²) in [5, 5.41) is 10.6. The van der Waals surface area contributed by atoms with Gasteiger partial charge in [0.25, 0.3) is 5.56 Å². The van der Waals surface area contributed by atoms with Crippen molar-refractivity contribution in [3.8, 4) is 0 Å². The molecule has 5 aliphatic carbocycles. The van der Waals surface area contributed by atoms with Crippen LogP contribution in [0.4, 0.5) is 0 Å². The molecule has 5 aliphatic rings. The van der Waals surface area contributed by atoms with Crippen LogP contribution in [0.3, 0.4) is 0 Å². The molecule has 5 heteroatoms. The lowest BCUT2D eigenvalue weighted by atomic mass is 9.33. The molecule has 0 aliphatic heterocycles. The summed E-state index contributed by atoms with van der Waals surface area (Å²) in [5.74, 6) is 1.41. The number of hydrogen-bond donors (Lipinski definition) is 2. The molecule has 6 rings (SSSR count). The van der Waals surface area contributed by atoms with Crippen molar-refractivity contribution in [3.05, 3.63) is 39.6 Å². The van der Waals surface area contributed by atoms with E-state index in [0.717, 1.165) is 62.6 Å². The van der Waals surface area contributed by atoms with Crippen LogP contribution in [0.25, 0.3) is 0 Å². The highest BCUT2D eigenvalue weighted by Gasteiger charge is 2.69. The number of rotatable bonds is 1.